The molecule has 0 bridgehead atoms. The van der Waals surface area contributed by atoms with Crippen molar-refractivity contribution < 1.29 is 23.8 Å². The van der Waals surface area contributed by atoms with Crippen molar-refractivity contribution in [3.63, 3.8) is 0 Å². The Morgan fingerprint density at radius 1 is 0.791 bits per heavy atom. The van der Waals surface area contributed by atoms with Gasteiger partial charge in [0.15, 0.2) is 0 Å². The van der Waals surface area contributed by atoms with Crippen molar-refractivity contribution in [3.8, 4) is 11.5 Å². The maximum Gasteiger partial charge on any atom is 0.255 e. The smallest absolute Gasteiger partial charge is 0.255 e. The van der Waals surface area contributed by atoms with Crippen LogP contribution in [0.15, 0.2) is 66.7 Å². The van der Waals surface area contributed by atoms with Gasteiger partial charge in [-0.05, 0) is 67.6 Å². The predicted molar refractivity (Wildman–Crippen MR) is 169 cm³/mol. The molecule has 0 radical (unpaired) electrons. The number of carbonyl (C=O) groups excluding carboxylic acids is 2. The van der Waals surface area contributed by atoms with Crippen LogP contribution in [0, 0.1) is 0 Å². The molecule has 2 fully saturated rings. The SMILES string of the molecule is COc1ccc(C(=O)Nc2ccc(N3CCN(c4ccccc4OC)CC3)c(C(=O)NCCCN3CCOCC3)c2)cc1. The van der Waals surface area contributed by atoms with E-state index in [0.717, 1.165) is 82.6 Å². The van der Waals surface area contributed by atoms with E-state index in [4.69, 9.17) is 14.2 Å². The molecule has 43 heavy (non-hydrogen) atoms. The standard InChI is InChI=1S/C33H41N5O5/c1-41-27-11-8-25(9-12-27)32(39)35-26-10-13-29(28(24-26)33(40)34-14-5-15-36-20-22-43-23-21-36)37-16-18-38(19-17-37)30-6-3-4-7-31(30)42-2/h3-4,6-13,24H,5,14-23H2,1-2H3,(H,34,40)(H,35,39). The summed E-state index contributed by atoms with van der Waals surface area (Å²) in [7, 11) is 3.28. The highest BCUT2D eigenvalue weighted by atomic mass is 16.5. The highest BCUT2D eigenvalue weighted by Crippen LogP contribution is 2.31. The molecule has 10 heteroatoms. The molecule has 3 aromatic carbocycles. The Labute approximate surface area is 253 Å². The third-order valence-corrected chi connectivity index (χ3v) is 7.94. The van der Waals surface area contributed by atoms with Crippen molar-refractivity contribution in [1.29, 1.82) is 0 Å². The van der Waals surface area contributed by atoms with Crippen molar-refractivity contribution in [2.24, 2.45) is 0 Å². The molecule has 0 atom stereocenters. The highest BCUT2D eigenvalue weighted by molar-refractivity contribution is 6.06. The molecule has 3 aromatic rings. The van der Waals surface area contributed by atoms with E-state index in [-0.39, 0.29) is 11.8 Å². The van der Waals surface area contributed by atoms with E-state index in [1.54, 1.807) is 44.6 Å². The van der Waals surface area contributed by atoms with E-state index < -0.39 is 0 Å². The van der Waals surface area contributed by atoms with Gasteiger partial charge in [-0.3, -0.25) is 14.5 Å². The van der Waals surface area contributed by atoms with Crippen LogP contribution in [0.3, 0.4) is 0 Å². The minimum atomic E-state index is -0.252. The lowest BCUT2D eigenvalue weighted by Crippen LogP contribution is -2.47. The van der Waals surface area contributed by atoms with Gasteiger partial charge in [0.2, 0.25) is 0 Å². The van der Waals surface area contributed by atoms with Gasteiger partial charge >= 0.3 is 0 Å². The molecule has 0 saturated carbocycles. The van der Waals surface area contributed by atoms with E-state index in [9.17, 15) is 9.59 Å². The second-order valence-electron chi connectivity index (χ2n) is 10.6. The van der Waals surface area contributed by atoms with Crippen LogP contribution in [0.2, 0.25) is 0 Å². The summed E-state index contributed by atoms with van der Waals surface area (Å²) < 4.78 is 16.2. The first-order chi connectivity index (χ1) is 21.1. The van der Waals surface area contributed by atoms with Crippen LogP contribution in [0.1, 0.15) is 27.1 Å². The summed E-state index contributed by atoms with van der Waals surface area (Å²) in [4.78, 5) is 33.5. The zero-order valence-electron chi connectivity index (χ0n) is 25.0. The number of rotatable bonds is 11. The normalized spacial score (nSPS) is 15.6. The Hall–Kier alpha value is -4.28. The summed E-state index contributed by atoms with van der Waals surface area (Å²) in [5, 5.41) is 6.07. The molecule has 0 spiro atoms. The molecule has 5 rings (SSSR count). The van der Waals surface area contributed by atoms with Crippen LogP contribution in [-0.4, -0.2) is 96.5 Å². The molecular weight excluding hydrogens is 546 g/mol. The summed E-state index contributed by atoms with van der Waals surface area (Å²) in [5.41, 5.74) is 3.54. The molecule has 10 nitrogen and oxygen atoms in total. The number of hydrogen-bond acceptors (Lipinski definition) is 8. The maximum atomic E-state index is 13.6. The largest absolute Gasteiger partial charge is 0.497 e. The van der Waals surface area contributed by atoms with Gasteiger partial charge in [0.1, 0.15) is 11.5 Å². The first-order valence-corrected chi connectivity index (χ1v) is 14.9. The highest BCUT2D eigenvalue weighted by Gasteiger charge is 2.24. The zero-order valence-corrected chi connectivity index (χ0v) is 25.0. The van der Waals surface area contributed by atoms with Crippen molar-refractivity contribution >= 4 is 28.9 Å². The Balaban J connectivity index is 1.29. The molecule has 2 aliphatic heterocycles. The second-order valence-corrected chi connectivity index (χ2v) is 10.6. The van der Waals surface area contributed by atoms with Gasteiger partial charge in [-0.1, -0.05) is 12.1 Å². The Morgan fingerprint density at radius 3 is 2.19 bits per heavy atom. The average Bonchev–Trinajstić information content (AvgIpc) is 3.07. The third kappa shape index (κ3) is 7.77. The lowest BCUT2D eigenvalue weighted by molar-refractivity contribution is 0.0374. The molecule has 2 aliphatic rings. The number of benzene rings is 3. The number of amides is 2. The molecule has 2 saturated heterocycles. The Morgan fingerprint density at radius 2 is 1.49 bits per heavy atom. The lowest BCUT2D eigenvalue weighted by Gasteiger charge is -2.38. The summed E-state index contributed by atoms with van der Waals surface area (Å²) in [6.07, 6.45) is 0.854. The number of nitrogens with one attached hydrogen (secondary N) is 2. The van der Waals surface area contributed by atoms with Crippen molar-refractivity contribution in [1.82, 2.24) is 10.2 Å². The number of methoxy groups -OCH3 is 2. The third-order valence-electron chi connectivity index (χ3n) is 7.94. The first kappa shape index (κ1) is 30.2. The summed E-state index contributed by atoms with van der Waals surface area (Å²) in [5.74, 6) is 1.13. The molecule has 0 aliphatic carbocycles. The summed E-state index contributed by atoms with van der Waals surface area (Å²) in [6.45, 7) is 7.92. The minimum Gasteiger partial charge on any atom is -0.497 e. The molecule has 228 valence electrons. The fourth-order valence-corrected chi connectivity index (χ4v) is 5.52. The van der Waals surface area contributed by atoms with E-state index in [2.05, 4.69) is 31.4 Å². The Bertz CT molecular complexity index is 1370. The van der Waals surface area contributed by atoms with Crippen LogP contribution in [0.5, 0.6) is 11.5 Å². The second kappa shape index (κ2) is 14.8. The van der Waals surface area contributed by atoms with E-state index in [0.29, 0.717) is 29.1 Å². The van der Waals surface area contributed by atoms with E-state index in [1.807, 2.05) is 30.3 Å². The number of hydrogen-bond donors (Lipinski definition) is 2. The van der Waals surface area contributed by atoms with E-state index >= 15 is 0 Å². The fraction of sp³-hybridized carbons (Fsp3) is 0.394. The van der Waals surface area contributed by atoms with Gasteiger partial charge in [0.05, 0.1) is 38.7 Å². The van der Waals surface area contributed by atoms with E-state index in [1.165, 1.54) is 0 Å². The minimum absolute atomic E-state index is 0.148. The van der Waals surface area contributed by atoms with Crippen LogP contribution >= 0.6 is 0 Å². The molecule has 2 heterocycles. The van der Waals surface area contributed by atoms with Crippen molar-refractivity contribution in [2.45, 2.75) is 6.42 Å². The number of ether oxygens (including phenoxy) is 3. The zero-order chi connectivity index (χ0) is 30.0. The average molecular weight is 588 g/mol. The first-order valence-electron chi connectivity index (χ1n) is 14.9. The molecule has 2 amide bonds. The van der Waals surface area contributed by atoms with Gasteiger partial charge in [-0.25, -0.2) is 0 Å². The Kier molecular flexibility index (Phi) is 10.4. The number of piperazine rings is 1. The monoisotopic (exact) mass is 587 g/mol. The quantitative estimate of drug-likeness (QED) is 0.328. The number of nitrogens with zero attached hydrogens (tertiary/aromatic N) is 3. The summed E-state index contributed by atoms with van der Waals surface area (Å²) >= 11 is 0. The van der Waals surface area contributed by atoms with Crippen LogP contribution < -0.4 is 29.9 Å². The molecule has 2 N–H and O–H groups in total. The lowest BCUT2D eigenvalue weighted by atomic mass is 10.1. The van der Waals surface area contributed by atoms with Gasteiger partial charge in [-0.2, -0.15) is 0 Å². The fourth-order valence-electron chi connectivity index (χ4n) is 5.52. The number of anilines is 3. The molecule has 0 aromatic heterocycles. The van der Waals surface area contributed by atoms with Gasteiger partial charge in [0, 0.05) is 62.8 Å². The number of para-hydroxylation sites is 2. The van der Waals surface area contributed by atoms with Crippen molar-refractivity contribution in [3.05, 3.63) is 77.9 Å². The predicted octanol–water partition coefficient (Wildman–Crippen LogP) is 3.73. The van der Waals surface area contributed by atoms with Crippen LogP contribution in [0.4, 0.5) is 17.1 Å². The van der Waals surface area contributed by atoms with Crippen LogP contribution in [0.25, 0.3) is 0 Å². The van der Waals surface area contributed by atoms with Crippen molar-refractivity contribution in [2.75, 3.05) is 94.9 Å². The summed E-state index contributed by atoms with van der Waals surface area (Å²) in [6, 6.07) is 20.5. The topological polar surface area (TPSA) is 95.6 Å². The van der Waals surface area contributed by atoms with Gasteiger partial charge in [-0.15, -0.1) is 0 Å². The number of morpholine rings is 1. The maximum absolute atomic E-state index is 13.6. The van der Waals surface area contributed by atoms with Crippen LogP contribution in [-0.2, 0) is 4.74 Å². The van der Waals surface area contributed by atoms with Gasteiger partial charge in [0.25, 0.3) is 11.8 Å². The van der Waals surface area contributed by atoms with Gasteiger partial charge < -0.3 is 34.6 Å². The number of carbonyl (C=O) groups is 2. The molecular formula is C33H41N5O5. The molecule has 0 unspecified atom stereocenters.